The first kappa shape index (κ1) is 8.01. The van der Waals surface area contributed by atoms with Crippen LogP contribution in [0.25, 0.3) is 11.0 Å². The molecule has 2 aromatic rings. The van der Waals surface area contributed by atoms with E-state index in [4.69, 9.17) is 11.6 Å². The van der Waals surface area contributed by atoms with Crippen LogP contribution in [0.3, 0.4) is 0 Å². The van der Waals surface area contributed by atoms with E-state index in [0.717, 1.165) is 15.5 Å². The summed E-state index contributed by atoms with van der Waals surface area (Å²) in [6, 6.07) is 0. The largest absolute Gasteiger partial charge is 0.347 e. The minimum atomic E-state index is 0.273. The van der Waals surface area contributed by atoms with E-state index < -0.39 is 0 Å². The summed E-state index contributed by atoms with van der Waals surface area (Å²) in [4.78, 5) is 7.98. The number of rotatable bonds is 0. The molecule has 0 amide bonds. The Labute approximate surface area is 82.5 Å². The second-order valence-corrected chi connectivity index (χ2v) is 3.65. The van der Waals surface area contributed by atoms with Crippen molar-refractivity contribution in [1.82, 2.24) is 14.5 Å². The van der Waals surface area contributed by atoms with E-state index in [-0.39, 0.29) is 5.28 Å². The van der Waals surface area contributed by atoms with Crippen LogP contribution in [0.1, 0.15) is 0 Å². The molecule has 0 aliphatic heterocycles. The lowest BCUT2D eigenvalue weighted by molar-refractivity contribution is 0.960. The highest BCUT2D eigenvalue weighted by Gasteiger charge is 2.05. The average molecular weight is 246 g/mol. The highest BCUT2D eigenvalue weighted by molar-refractivity contribution is 9.10. The van der Waals surface area contributed by atoms with Gasteiger partial charge in [0.05, 0.1) is 16.2 Å². The fraction of sp³-hybridized carbons (Fsp3) is 0.143. The van der Waals surface area contributed by atoms with E-state index >= 15 is 0 Å². The predicted octanol–water partition coefficient (Wildman–Crippen LogP) is 2.38. The van der Waals surface area contributed by atoms with Crippen molar-refractivity contribution in [2.75, 3.05) is 0 Å². The van der Waals surface area contributed by atoms with Gasteiger partial charge in [-0.1, -0.05) is 0 Å². The van der Waals surface area contributed by atoms with E-state index in [1.54, 1.807) is 6.20 Å². The lowest BCUT2D eigenvalue weighted by Crippen LogP contribution is -1.86. The Hall–Kier alpha value is -0.610. The van der Waals surface area contributed by atoms with Crippen LogP contribution in [0, 0.1) is 0 Å². The standard InChI is InChI=1S/C7H5BrClN3/c1-12-3-4(8)6-5(12)2-10-7(9)11-6/h2-3H,1H3. The molecule has 0 N–H and O–H groups in total. The molecule has 0 unspecified atom stereocenters. The zero-order valence-electron chi connectivity index (χ0n) is 6.25. The second kappa shape index (κ2) is 2.71. The molecule has 62 valence electrons. The lowest BCUT2D eigenvalue weighted by atomic mass is 10.5. The fourth-order valence-electron chi connectivity index (χ4n) is 1.09. The molecular weight excluding hydrogens is 241 g/mol. The number of aromatic nitrogens is 3. The Bertz CT molecular complexity index is 437. The van der Waals surface area contributed by atoms with Crippen LogP contribution in [-0.4, -0.2) is 14.5 Å². The molecule has 0 radical (unpaired) electrons. The fourth-order valence-corrected chi connectivity index (χ4v) is 1.82. The molecule has 12 heavy (non-hydrogen) atoms. The van der Waals surface area contributed by atoms with Crippen LogP contribution in [0.5, 0.6) is 0 Å². The van der Waals surface area contributed by atoms with Gasteiger partial charge in [0.2, 0.25) is 5.28 Å². The monoisotopic (exact) mass is 245 g/mol. The first-order valence-electron chi connectivity index (χ1n) is 3.31. The Morgan fingerprint density at radius 1 is 1.58 bits per heavy atom. The maximum absolute atomic E-state index is 5.65. The molecular formula is C7H5BrClN3. The molecule has 3 nitrogen and oxygen atoms in total. The Morgan fingerprint density at radius 3 is 3.08 bits per heavy atom. The van der Waals surface area contributed by atoms with Gasteiger partial charge in [0, 0.05) is 13.2 Å². The maximum atomic E-state index is 5.65. The van der Waals surface area contributed by atoms with Crippen molar-refractivity contribution < 1.29 is 0 Å². The normalized spacial score (nSPS) is 10.9. The molecule has 0 aliphatic rings. The smallest absolute Gasteiger partial charge is 0.223 e. The predicted molar refractivity (Wildman–Crippen MR) is 51.2 cm³/mol. The molecule has 0 aromatic carbocycles. The van der Waals surface area contributed by atoms with Crippen LogP contribution >= 0.6 is 27.5 Å². The van der Waals surface area contributed by atoms with Gasteiger partial charge in [0.15, 0.2) is 0 Å². The second-order valence-electron chi connectivity index (χ2n) is 2.46. The molecule has 0 saturated carbocycles. The van der Waals surface area contributed by atoms with Gasteiger partial charge in [-0.15, -0.1) is 0 Å². The van der Waals surface area contributed by atoms with Gasteiger partial charge in [-0.05, 0) is 27.5 Å². The van der Waals surface area contributed by atoms with Gasteiger partial charge in [-0.3, -0.25) is 0 Å². The highest BCUT2D eigenvalue weighted by Crippen LogP contribution is 2.23. The summed E-state index contributed by atoms with van der Waals surface area (Å²) in [5.41, 5.74) is 1.81. The molecule has 2 rings (SSSR count). The number of aryl methyl sites for hydroxylation is 1. The zero-order valence-corrected chi connectivity index (χ0v) is 8.59. The van der Waals surface area contributed by atoms with E-state index in [9.17, 15) is 0 Å². The quantitative estimate of drug-likeness (QED) is 0.668. The van der Waals surface area contributed by atoms with Gasteiger partial charge < -0.3 is 4.57 Å². The summed E-state index contributed by atoms with van der Waals surface area (Å²) in [6.45, 7) is 0. The van der Waals surface area contributed by atoms with Crippen molar-refractivity contribution in [2.24, 2.45) is 7.05 Å². The Balaban J connectivity index is 2.90. The van der Waals surface area contributed by atoms with E-state index in [1.807, 2.05) is 17.8 Å². The van der Waals surface area contributed by atoms with Crippen molar-refractivity contribution in [3.05, 3.63) is 22.1 Å². The minimum absolute atomic E-state index is 0.273. The Kier molecular flexibility index (Phi) is 1.81. The zero-order chi connectivity index (χ0) is 8.72. The maximum Gasteiger partial charge on any atom is 0.223 e. The number of hydrogen-bond acceptors (Lipinski definition) is 2. The third-order valence-electron chi connectivity index (χ3n) is 1.65. The van der Waals surface area contributed by atoms with Gasteiger partial charge in [0.25, 0.3) is 0 Å². The third-order valence-corrected chi connectivity index (χ3v) is 2.42. The topological polar surface area (TPSA) is 30.7 Å². The van der Waals surface area contributed by atoms with Crippen LogP contribution in [0.2, 0.25) is 5.28 Å². The molecule has 0 saturated heterocycles. The van der Waals surface area contributed by atoms with Crippen molar-refractivity contribution in [1.29, 1.82) is 0 Å². The molecule has 0 spiro atoms. The van der Waals surface area contributed by atoms with Crippen LogP contribution in [-0.2, 0) is 7.05 Å². The molecule has 0 atom stereocenters. The van der Waals surface area contributed by atoms with Crippen LogP contribution in [0.4, 0.5) is 0 Å². The van der Waals surface area contributed by atoms with Crippen molar-refractivity contribution in [2.45, 2.75) is 0 Å². The first-order valence-corrected chi connectivity index (χ1v) is 4.48. The lowest BCUT2D eigenvalue weighted by Gasteiger charge is -1.93. The summed E-state index contributed by atoms with van der Waals surface area (Å²) in [5.74, 6) is 0. The minimum Gasteiger partial charge on any atom is -0.347 e. The van der Waals surface area contributed by atoms with Gasteiger partial charge >= 0.3 is 0 Å². The van der Waals surface area contributed by atoms with Crippen molar-refractivity contribution >= 4 is 38.6 Å². The Morgan fingerprint density at radius 2 is 2.33 bits per heavy atom. The van der Waals surface area contributed by atoms with Gasteiger partial charge in [-0.2, -0.15) is 0 Å². The van der Waals surface area contributed by atoms with Crippen molar-refractivity contribution in [3.63, 3.8) is 0 Å². The number of fused-ring (bicyclic) bond motifs is 1. The third kappa shape index (κ3) is 1.11. The molecule has 2 aromatic heterocycles. The number of hydrogen-bond donors (Lipinski definition) is 0. The summed E-state index contributed by atoms with van der Waals surface area (Å²) >= 11 is 9.03. The molecule has 0 fully saturated rings. The molecule has 0 aliphatic carbocycles. The first-order chi connectivity index (χ1) is 5.68. The number of halogens is 2. The van der Waals surface area contributed by atoms with E-state index in [0.29, 0.717) is 0 Å². The van der Waals surface area contributed by atoms with Gasteiger partial charge in [-0.25, -0.2) is 9.97 Å². The number of nitrogens with zero attached hydrogens (tertiary/aromatic N) is 3. The summed E-state index contributed by atoms with van der Waals surface area (Å²) in [7, 11) is 1.93. The summed E-state index contributed by atoms with van der Waals surface area (Å²) < 4.78 is 2.87. The highest BCUT2D eigenvalue weighted by atomic mass is 79.9. The van der Waals surface area contributed by atoms with E-state index in [2.05, 4.69) is 25.9 Å². The summed E-state index contributed by atoms with van der Waals surface area (Å²) in [6.07, 6.45) is 3.63. The average Bonchev–Trinajstić information content (AvgIpc) is 2.28. The SMILES string of the molecule is Cn1cc(Br)c2nc(Cl)ncc21. The van der Waals surface area contributed by atoms with Crippen LogP contribution in [0.15, 0.2) is 16.9 Å². The summed E-state index contributed by atoms with van der Waals surface area (Å²) in [5, 5.41) is 0.273. The molecule has 2 heterocycles. The molecule has 5 heteroatoms. The van der Waals surface area contributed by atoms with E-state index in [1.165, 1.54) is 0 Å². The molecule has 0 bridgehead atoms. The van der Waals surface area contributed by atoms with Crippen molar-refractivity contribution in [3.8, 4) is 0 Å². The van der Waals surface area contributed by atoms with Gasteiger partial charge in [0.1, 0.15) is 5.52 Å². The van der Waals surface area contributed by atoms with Crippen LogP contribution < -0.4 is 0 Å².